The highest BCUT2D eigenvalue weighted by Gasteiger charge is 2.31. The molecule has 0 unspecified atom stereocenters. The quantitative estimate of drug-likeness (QED) is 0.609. The lowest BCUT2D eigenvalue weighted by Crippen LogP contribution is -2.50. The van der Waals surface area contributed by atoms with Gasteiger partial charge in [-0.1, -0.05) is 38.1 Å². The van der Waals surface area contributed by atoms with Crippen molar-refractivity contribution in [2.45, 2.75) is 59.5 Å². The van der Waals surface area contributed by atoms with Crippen molar-refractivity contribution < 1.29 is 9.59 Å². The van der Waals surface area contributed by atoms with Crippen molar-refractivity contribution in [2.75, 3.05) is 13.1 Å². The number of rotatable bonds is 6. The molecule has 1 aromatic carbocycles. The molecule has 0 aliphatic carbocycles. The second-order valence-electron chi connectivity index (χ2n) is 9.52. The highest BCUT2D eigenvalue weighted by Crippen LogP contribution is 2.28. The van der Waals surface area contributed by atoms with Crippen molar-refractivity contribution in [1.29, 1.82) is 0 Å². The van der Waals surface area contributed by atoms with Crippen LogP contribution in [0.3, 0.4) is 0 Å². The van der Waals surface area contributed by atoms with Crippen LogP contribution in [0.4, 0.5) is 0 Å². The maximum atomic E-state index is 13.6. The Balaban J connectivity index is 1.77. The molecular formula is C26H33N5O2. The Morgan fingerprint density at radius 1 is 1.06 bits per heavy atom. The van der Waals surface area contributed by atoms with Gasteiger partial charge in [0.25, 0.3) is 5.91 Å². The molecule has 7 heteroatoms. The first-order chi connectivity index (χ1) is 15.8. The number of hydrogen-bond acceptors (Lipinski definition) is 4. The fraction of sp³-hybridized carbons (Fsp3) is 0.462. The predicted molar refractivity (Wildman–Crippen MR) is 130 cm³/mol. The molecular weight excluding hydrogens is 414 g/mol. The molecule has 4 rings (SSSR count). The lowest BCUT2D eigenvalue weighted by atomic mass is 10.00. The van der Waals surface area contributed by atoms with Crippen LogP contribution in [0.1, 0.15) is 62.5 Å². The molecule has 2 amide bonds. The maximum absolute atomic E-state index is 13.6. The molecule has 0 radical (unpaired) electrons. The minimum atomic E-state index is -0.569. The van der Waals surface area contributed by atoms with Gasteiger partial charge in [0.1, 0.15) is 6.04 Å². The van der Waals surface area contributed by atoms with E-state index in [2.05, 4.69) is 10.4 Å². The van der Waals surface area contributed by atoms with Gasteiger partial charge in [0.05, 0.1) is 22.8 Å². The Morgan fingerprint density at radius 3 is 2.39 bits per heavy atom. The molecule has 3 aromatic rings. The average molecular weight is 448 g/mol. The van der Waals surface area contributed by atoms with E-state index in [9.17, 15) is 9.59 Å². The van der Waals surface area contributed by atoms with Crippen molar-refractivity contribution in [3.63, 3.8) is 0 Å². The van der Waals surface area contributed by atoms with Crippen LogP contribution in [0.15, 0.2) is 36.5 Å². The van der Waals surface area contributed by atoms with Gasteiger partial charge in [0, 0.05) is 24.7 Å². The summed E-state index contributed by atoms with van der Waals surface area (Å²) in [6, 6.07) is 9.35. The number of hydrogen-bond donors (Lipinski definition) is 1. The number of nitrogens with zero attached hydrogens (tertiary/aromatic N) is 4. The van der Waals surface area contributed by atoms with E-state index >= 15 is 0 Å². The molecule has 1 saturated heterocycles. The molecule has 7 nitrogen and oxygen atoms in total. The average Bonchev–Trinajstić information content (AvgIpc) is 3.46. The van der Waals surface area contributed by atoms with Gasteiger partial charge in [-0.15, -0.1) is 0 Å². The zero-order valence-corrected chi connectivity index (χ0v) is 20.1. The van der Waals surface area contributed by atoms with Gasteiger partial charge in [0.15, 0.2) is 5.65 Å². The fourth-order valence-electron chi connectivity index (χ4n) is 4.45. The summed E-state index contributed by atoms with van der Waals surface area (Å²) in [6.07, 6.45) is 3.73. The van der Waals surface area contributed by atoms with Crippen LogP contribution < -0.4 is 5.32 Å². The van der Waals surface area contributed by atoms with Gasteiger partial charge in [-0.3, -0.25) is 9.59 Å². The van der Waals surface area contributed by atoms with E-state index in [1.807, 2.05) is 74.5 Å². The summed E-state index contributed by atoms with van der Waals surface area (Å²) in [5.74, 6) is -0.293. The van der Waals surface area contributed by atoms with Gasteiger partial charge >= 0.3 is 0 Å². The fourth-order valence-corrected chi connectivity index (χ4v) is 4.45. The first-order valence-corrected chi connectivity index (χ1v) is 11.8. The van der Waals surface area contributed by atoms with Crippen molar-refractivity contribution >= 4 is 22.8 Å². The summed E-state index contributed by atoms with van der Waals surface area (Å²) in [7, 11) is 0. The van der Waals surface area contributed by atoms with E-state index in [-0.39, 0.29) is 23.8 Å². The smallest absolute Gasteiger partial charge is 0.252 e. The van der Waals surface area contributed by atoms with Gasteiger partial charge in [-0.25, -0.2) is 9.67 Å². The summed E-state index contributed by atoms with van der Waals surface area (Å²) >= 11 is 0. The van der Waals surface area contributed by atoms with Crippen LogP contribution in [0.25, 0.3) is 22.3 Å². The molecule has 174 valence electrons. The third kappa shape index (κ3) is 4.49. The maximum Gasteiger partial charge on any atom is 0.252 e. The molecule has 1 N–H and O–H groups in total. The minimum absolute atomic E-state index is 0.00171. The van der Waals surface area contributed by atoms with E-state index in [4.69, 9.17) is 4.98 Å². The van der Waals surface area contributed by atoms with Crippen LogP contribution in [0, 0.1) is 12.8 Å². The molecule has 0 saturated carbocycles. The van der Waals surface area contributed by atoms with Gasteiger partial charge in [-0.2, -0.15) is 5.10 Å². The second kappa shape index (κ2) is 9.33. The van der Waals surface area contributed by atoms with Crippen molar-refractivity contribution in [2.24, 2.45) is 5.92 Å². The normalized spacial score (nSPS) is 14.9. The van der Waals surface area contributed by atoms with Gasteiger partial charge in [0.2, 0.25) is 5.91 Å². The Labute approximate surface area is 195 Å². The van der Waals surface area contributed by atoms with Crippen molar-refractivity contribution in [3.05, 3.63) is 47.7 Å². The number of pyridine rings is 1. The summed E-state index contributed by atoms with van der Waals surface area (Å²) in [5, 5.41) is 8.23. The molecule has 0 bridgehead atoms. The number of aryl methyl sites for hydroxylation is 1. The summed E-state index contributed by atoms with van der Waals surface area (Å²) < 4.78 is 1.84. The first-order valence-electron chi connectivity index (χ1n) is 11.8. The third-order valence-electron chi connectivity index (χ3n) is 6.36. The van der Waals surface area contributed by atoms with Gasteiger partial charge in [-0.05, 0) is 51.2 Å². The SMILES string of the molecule is Cc1ccccc1-c1cc(C(=O)N[C@H](C(=O)N2CCCC2)C(C)C)c2cnn(C(C)C)c2n1. The highest BCUT2D eigenvalue weighted by atomic mass is 16.2. The third-order valence-corrected chi connectivity index (χ3v) is 6.36. The minimum Gasteiger partial charge on any atom is -0.341 e. The Hall–Kier alpha value is -3.22. The monoisotopic (exact) mass is 447 g/mol. The molecule has 3 heterocycles. The Bertz CT molecular complexity index is 1170. The van der Waals surface area contributed by atoms with Crippen LogP contribution in [-0.4, -0.2) is 50.6 Å². The number of likely N-dealkylation sites (tertiary alicyclic amines) is 1. The molecule has 33 heavy (non-hydrogen) atoms. The zero-order valence-electron chi connectivity index (χ0n) is 20.1. The lowest BCUT2D eigenvalue weighted by molar-refractivity contribution is -0.133. The Kier molecular flexibility index (Phi) is 6.49. The number of amides is 2. The number of benzene rings is 1. The molecule has 1 fully saturated rings. The van der Waals surface area contributed by atoms with Crippen LogP contribution in [0.2, 0.25) is 0 Å². The lowest BCUT2D eigenvalue weighted by Gasteiger charge is -2.26. The van der Waals surface area contributed by atoms with E-state index in [0.717, 1.165) is 42.8 Å². The number of nitrogens with one attached hydrogen (secondary N) is 1. The topological polar surface area (TPSA) is 80.1 Å². The van der Waals surface area contributed by atoms with Crippen molar-refractivity contribution in [1.82, 2.24) is 25.0 Å². The zero-order chi connectivity index (χ0) is 23.7. The Morgan fingerprint density at radius 2 is 1.76 bits per heavy atom. The molecule has 1 aliphatic heterocycles. The highest BCUT2D eigenvalue weighted by molar-refractivity contribution is 6.07. The van der Waals surface area contributed by atoms with E-state index in [1.165, 1.54) is 0 Å². The van der Waals surface area contributed by atoms with E-state index in [0.29, 0.717) is 16.6 Å². The molecule has 2 aromatic heterocycles. The first kappa shape index (κ1) is 23.0. The molecule has 0 spiro atoms. The number of carbonyl (C=O) groups excluding carboxylic acids is 2. The molecule has 1 aliphatic rings. The van der Waals surface area contributed by atoms with Crippen LogP contribution in [0.5, 0.6) is 0 Å². The van der Waals surface area contributed by atoms with Crippen LogP contribution >= 0.6 is 0 Å². The van der Waals surface area contributed by atoms with Crippen molar-refractivity contribution in [3.8, 4) is 11.3 Å². The number of fused-ring (bicyclic) bond motifs is 1. The number of aromatic nitrogens is 3. The summed E-state index contributed by atoms with van der Waals surface area (Å²) in [6.45, 7) is 11.6. The van der Waals surface area contributed by atoms with Gasteiger partial charge < -0.3 is 10.2 Å². The summed E-state index contributed by atoms with van der Waals surface area (Å²) in [4.78, 5) is 33.5. The van der Waals surface area contributed by atoms with E-state index < -0.39 is 6.04 Å². The van der Waals surface area contributed by atoms with E-state index in [1.54, 1.807) is 6.20 Å². The molecule has 1 atom stereocenters. The summed E-state index contributed by atoms with van der Waals surface area (Å²) in [5.41, 5.74) is 3.93. The second-order valence-corrected chi connectivity index (χ2v) is 9.52. The number of carbonyl (C=O) groups is 2. The predicted octanol–water partition coefficient (Wildman–Crippen LogP) is 4.36. The standard InChI is InChI=1S/C26H33N5O2/c1-16(2)23(26(33)30-12-8-9-13-30)29-25(32)20-14-22(19-11-7-6-10-18(19)5)28-24-21(20)15-27-31(24)17(3)4/h6-7,10-11,14-17,23H,8-9,12-13H2,1-5H3,(H,29,32)/t23-/m0/s1. The largest absolute Gasteiger partial charge is 0.341 e. The van der Waals surface area contributed by atoms with Crippen LogP contribution in [-0.2, 0) is 4.79 Å².